The third kappa shape index (κ3) is 2.78. The highest BCUT2D eigenvalue weighted by Gasteiger charge is 2.34. The number of carbonyl (C=O) groups is 1. The Kier molecular flexibility index (Phi) is 3.47. The minimum atomic E-state index is -4.51. The van der Waals surface area contributed by atoms with E-state index >= 15 is 0 Å². The Balaban J connectivity index is 2.07. The topological polar surface area (TPSA) is 77.6 Å². The lowest BCUT2D eigenvalue weighted by molar-refractivity contribution is -0.141. The summed E-state index contributed by atoms with van der Waals surface area (Å²) in [7, 11) is 2.91. The molecule has 0 aromatic carbocycles. The quantitative estimate of drug-likeness (QED) is 0.892. The van der Waals surface area contributed by atoms with Crippen LogP contribution in [0.5, 0.6) is 0 Å². The van der Waals surface area contributed by atoms with Crippen molar-refractivity contribution in [2.45, 2.75) is 12.7 Å². The van der Waals surface area contributed by atoms with Crippen LogP contribution in [-0.2, 0) is 26.8 Å². The number of aromatic nitrogens is 5. The summed E-state index contributed by atoms with van der Waals surface area (Å²) < 4.78 is 39.7. The summed E-state index contributed by atoms with van der Waals surface area (Å²) in [5.74, 6) is -0.456. The zero-order valence-corrected chi connectivity index (χ0v) is 10.6. The van der Waals surface area contributed by atoms with E-state index < -0.39 is 17.8 Å². The van der Waals surface area contributed by atoms with Crippen molar-refractivity contribution in [2.24, 2.45) is 14.1 Å². The molecule has 0 spiro atoms. The van der Waals surface area contributed by atoms with Crippen LogP contribution in [0, 0.1) is 0 Å². The van der Waals surface area contributed by atoms with Crippen LogP contribution in [0.4, 0.5) is 13.2 Å². The molecule has 2 rings (SSSR count). The number of alkyl halides is 3. The minimum absolute atomic E-state index is 0.0724. The van der Waals surface area contributed by atoms with Crippen LogP contribution in [0.1, 0.15) is 22.0 Å². The summed E-state index contributed by atoms with van der Waals surface area (Å²) >= 11 is 0. The predicted molar refractivity (Wildman–Crippen MR) is 60.4 cm³/mol. The molecule has 2 heterocycles. The van der Waals surface area contributed by atoms with Crippen LogP contribution in [0.2, 0.25) is 0 Å². The van der Waals surface area contributed by atoms with Gasteiger partial charge in [0.1, 0.15) is 6.33 Å². The number of halogens is 3. The second kappa shape index (κ2) is 4.94. The van der Waals surface area contributed by atoms with Crippen LogP contribution in [0.3, 0.4) is 0 Å². The predicted octanol–water partition coefficient (Wildman–Crippen LogP) is 0.497. The van der Waals surface area contributed by atoms with Gasteiger partial charge in [-0.25, -0.2) is 9.67 Å². The molecule has 7 nitrogen and oxygen atoms in total. The highest BCUT2D eigenvalue weighted by Crippen LogP contribution is 2.28. The van der Waals surface area contributed by atoms with Crippen LogP contribution in [0.25, 0.3) is 0 Å². The average molecular weight is 288 g/mol. The summed E-state index contributed by atoms with van der Waals surface area (Å²) in [6.07, 6.45) is -3.30. The van der Waals surface area contributed by atoms with Crippen LogP contribution < -0.4 is 5.32 Å². The molecule has 0 aliphatic rings. The number of aryl methyl sites for hydroxylation is 2. The van der Waals surface area contributed by atoms with Gasteiger partial charge >= 0.3 is 6.18 Å². The van der Waals surface area contributed by atoms with E-state index in [2.05, 4.69) is 20.5 Å². The molecule has 20 heavy (non-hydrogen) atoms. The monoisotopic (exact) mass is 288 g/mol. The van der Waals surface area contributed by atoms with E-state index in [0.717, 1.165) is 10.7 Å². The van der Waals surface area contributed by atoms with Crippen molar-refractivity contribution in [3.05, 3.63) is 29.6 Å². The molecule has 108 valence electrons. The molecule has 0 aliphatic carbocycles. The first-order chi connectivity index (χ1) is 9.29. The summed E-state index contributed by atoms with van der Waals surface area (Å²) in [5.41, 5.74) is -0.768. The lowest BCUT2D eigenvalue weighted by Gasteiger charge is -2.04. The van der Waals surface area contributed by atoms with Gasteiger partial charge in [-0.2, -0.15) is 23.4 Å². The largest absolute Gasteiger partial charge is 0.435 e. The molecule has 0 unspecified atom stereocenters. The van der Waals surface area contributed by atoms with Crippen LogP contribution in [-0.4, -0.2) is 30.5 Å². The van der Waals surface area contributed by atoms with E-state index in [9.17, 15) is 18.0 Å². The molecule has 1 N–H and O–H groups in total. The van der Waals surface area contributed by atoms with Gasteiger partial charge in [0.25, 0.3) is 5.91 Å². The molecule has 0 saturated carbocycles. The fraction of sp³-hybridized carbons (Fsp3) is 0.400. The number of carbonyl (C=O) groups excluding carboxylic acids is 1. The first-order valence-electron chi connectivity index (χ1n) is 5.51. The SMILES string of the molecule is Cn1nc(C(F)(F)F)cc1CNC(=O)c1ncnn1C. The lowest BCUT2D eigenvalue weighted by atomic mass is 10.3. The zero-order chi connectivity index (χ0) is 14.9. The Bertz CT molecular complexity index is 629. The maximum absolute atomic E-state index is 12.5. The van der Waals surface area contributed by atoms with Crippen molar-refractivity contribution in [3.63, 3.8) is 0 Å². The van der Waals surface area contributed by atoms with Gasteiger partial charge in [0.05, 0.1) is 12.2 Å². The second-order valence-corrected chi connectivity index (χ2v) is 4.03. The third-order valence-electron chi connectivity index (χ3n) is 2.61. The first-order valence-corrected chi connectivity index (χ1v) is 5.51. The Morgan fingerprint density at radius 3 is 2.55 bits per heavy atom. The standard InChI is InChI=1S/C10H11F3N6O/c1-18-6(3-7(17-18)10(11,12)13)4-14-9(20)8-15-5-16-19(8)2/h3,5H,4H2,1-2H3,(H,14,20). The molecule has 10 heteroatoms. The van der Waals surface area contributed by atoms with Gasteiger partial charge in [0, 0.05) is 14.1 Å². The van der Waals surface area contributed by atoms with Crippen molar-refractivity contribution in [2.75, 3.05) is 0 Å². The van der Waals surface area contributed by atoms with E-state index in [4.69, 9.17) is 0 Å². The van der Waals surface area contributed by atoms with E-state index in [1.165, 1.54) is 25.1 Å². The van der Waals surface area contributed by atoms with Gasteiger partial charge in [0.2, 0.25) is 5.82 Å². The lowest BCUT2D eigenvalue weighted by Crippen LogP contribution is -2.26. The van der Waals surface area contributed by atoms with E-state index in [0.29, 0.717) is 0 Å². The highest BCUT2D eigenvalue weighted by atomic mass is 19.4. The number of amides is 1. The molecule has 2 aromatic heterocycles. The van der Waals surface area contributed by atoms with Gasteiger partial charge in [-0.05, 0) is 6.07 Å². The summed E-state index contributed by atoms with van der Waals surface area (Å²) in [6.45, 7) is -0.0920. The van der Waals surface area contributed by atoms with Gasteiger partial charge in [-0.15, -0.1) is 0 Å². The molecule has 0 atom stereocenters. The summed E-state index contributed by atoms with van der Waals surface area (Å²) in [4.78, 5) is 15.5. The number of hydrogen-bond acceptors (Lipinski definition) is 4. The van der Waals surface area contributed by atoms with Crippen molar-refractivity contribution in [1.82, 2.24) is 29.9 Å². The number of nitrogens with zero attached hydrogens (tertiary/aromatic N) is 5. The fourth-order valence-electron chi connectivity index (χ4n) is 1.56. The van der Waals surface area contributed by atoms with Gasteiger partial charge < -0.3 is 5.32 Å². The Hall–Kier alpha value is -2.39. The Morgan fingerprint density at radius 1 is 1.35 bits per heavy atom. The van der Waals surface area contributed by atoms with Crippen molar-refractivity contribution in [1.29, 1.82) is 0 Å². The van der Waals surface area contributed by atoms with Crippen LogP contribution in [0.15, 0.2) is 12.4 Å². The number of nitrogens with one attached hydrogen (secondary N) is 1. The summed E-state index contributed by atoms with van der Waals surface area (Å²) in [6, 6.07) is 0.886. The molecule has 0 fully saturated rings. The molecular weight excluding hydrogens is 277 g/mol. The Labute approximate surface area is 111 Å². The normalized spacial score (nSPS) is 11.7. The maximum atomic E-state index is 12.5. The molecule has 1 amide bonds. The summed E-state index contributed by atoms with van der Waals surface area (Å²) in [5, 5.41) is 9.53. The smallest absolute Gasteiger partial charge is 0.344 e. The van der Waals surface area contributed by atoms with Gasteiger partial charge in [-0.1, -0.05) is 0 Å². The molecule has 0 bridgehead atoms. The maximum Gasteiger partial charge on any atom is 0.435 e. The zero-order valence-electron chi connectivity index (χ0n) is 10.6. The van der Waals surface area contributed by atoms with Gasteiger partial charge in [-0.3, -0.25) is 9.48 Å². The van der Waals surface area contributed by atoms with Crippen molar-refractivity contribution < 1.29 is 18.0 Å². The van der Waals surface area contributed by atoms with Gasteiger partial charge in [0.15, 0.2) is 5.69 Å². The molecule has 0 radical (unpaired) electrons. The van der Waals surface area contributed by atoms with Crippen molar-refractivity contribution in [3.8, 4) is 0 Å². The van der Waals surface area contributed by atoms with E-state index in [-0.39, 0.29) is 18.1 Å². The molecular formula is C10H11F3N6O. The highest BCUT2D eigenvalue weighted by molar-refractivity contribution is 5.90. The van der Waals surface area contributed by atoms with Crippen molar-refractivity contribution >= 4 is 5.91 Å². The fourth-order valence-corrected chi connectivity index (χ4v) is 1.56. The number of rotatable bonds is 3. The second-order valence-electron chi connectivity index (χ2n) is 4.03. The molecule has 0 saturated heterocycles. The third-order valence-corrected chi connectivity index (χ3v) is 2.61. The van der Waals surface area contributed by atoms with Crippen LogP contribution >= 0.6 is 0 Å². The minimum Gasteiger partial charge on any atom is -0.344 e. The van der Waals surface area contributed by atoms with E-state index in [1.54, 1.807) is 0 Å². The molecule has 0 aliphatic heterocycles. The average Bonchev–Trinajstić information content (AvgIpc) is 2.92. The Morgan fingerprint density at radius 2 is 2.05 bits per heavy atom. The van der Waals surface area contributed by atoms with E-state index in [1.807, 2.05) is 0 Å². The molecule has 2 aromatic rings. The number of hydrogen-bond donors (Lipinski definition) is 1. The first kappa shape index (κ1) is 14.0.